The fourth-order valence-corrected chi connectivity index (χ4v) is 3.91. The van der Waals surface area contributed by atoms with Crippen LogP contribution in [0.15, 0.2) is 0 Å². The Bertz CT molecular complexity index is 380. The first-order valence-corrected chi connectivity index (χ1v) is 7.98. The Morgan fingerprint density at radius 2 is 1.79 bits per heavy atom. The van der Waals surface area contributed by atoms with Gasteiger partial charge in [0.25, 0.3) is 10.2 Å². The lowest BCUT2D eigenvalue weighted by Crippen LogP contribution is -2.47. The zero-order valence-corrected chi connectivity index (χ0v) is 12.0. The van der Waals surface area contributed by atoms with Gasteiger partial charge in [-0.25, -0.2) is 0 Å². The summed E-state index contributed by atoms with van der Waals surface area (Å²) < 4.78 is 65.5. The van der Waals surface area contributed by atoms with Gasteiger partial charge < -0.3 is 0 Å². The molecule has 1 aliphatic rings. The molecule has 0 aromatic rings. The number of nitrogens with zero attached hydrogens (tertiary/aromatic N) is 1. The van der Waals surface area contributed by atoms with E-state index in [9.17, 15) is 21.6 Å². The molecule has 114 valence electrons. The minimum Gasteiger partial charge on any atom is -0.199 e. The van der Waals surface area contributed by atoms with Gasteiger partial charge in [0.05, 0.1) is 5.92 Å². The van der Waals surface area contributed by atoms with Crippen LogP contribution in [-0.2, 0) is 10.2 Å². The van der Waals surface area contributed by atoms with E-state index in [0.717, 1.165) is 0 Å². The third kappa shape index (κ3) is 4.61. The SMILES string of the molecule is CCN(CC)S(=O)(=O)N[C@H]1CCC[C@H](C(F)(F)F)C1. The second kappa shape index (κ2) is 6.41. The molecule has 0 heterocycles. The highest BCUT2D eigenvalue weighted by atomic mass is 32.2. The van der Waals surface area contributed by atoms with Gasteiger partial charge in [0.1, 0.15) is 0 Å². The second-order valence-electron chi connectivity index (χ2n) is 4.81. The van der Waals surface area contributed by atoms with E-state index in [0.29, 0.717) is 25.9 Å². The molecular formula is C11H21F3N2O2S. The molecule has 4 nitrogen and oxygen atoms in total. The van der Waals surface area contributed by atoms with Crippen LogP contribution in [0, 0.1) is 5.92 Å². The number of hydrogen-bond donors (Lipinski definition) is 1. The Balaban J connectivity index is 2.67. The maximum atomic E-state index is 12.7. The van der Waals surface area contributed by atoms with Crippen molar-refractivity contribution in [2.75, 3.05) is 13.1 Å². The normalized spacial score (nSPS) is 25.8. The average Bonchev–Trinajstić information content (AvgIpc) is 2.28. The number of rotatable bonds is 5. The molecule has 1 rings (SSSR count). The van der Waals surface area contributed by atoms with Crippen LogP contribution in [0.1, 0.15) is 39.5 Å². The van der Waals surface area contributed by atoms with Crippen molar-refractivity contribution < 1.29 is 21.6 Å². The van der Waals surface area contributed by atoms with Gasteiger partial charge in [0.15, 0.2) is 0 Å². The predicted octanol–water partition coefficient (Wildman–Crippen LogP) is 2.28. The first-order valence-electron chi connectivity index (χ1n) is 6.54. The molecule has 1 fully saturated rings. The van der Waals surface area contributed by atoms with Crippen molar-refractivity contribution >= 4 is 10.2 Å². The predicted molar refractivity (Wildman–Crippen MR) is 66.8 cm³/mol. The van der Waals surface area contributed by atoms with Gasteiger partial charge in [-0.15, -0.1) is 0 Å². The third-order valence-electron chi connectivity index (χ3n) is 3.50. The van der Waals surface area contributed by atoms with E-state index in [1.807, 2.05) is 0 Å². The summed E-state index contributed by atoms with van der Waals surface area (Å²) in [6.07, 6.45) is -3.45. The van der Waals surface area contributed by atoms with E-state index in [1.165, 1.54) is 4.31 Å². The molecule has 0 saturated heterocycles. The molecule has 2 atom stereocenters. The minimum atomic E-state index is -4.24. The zero-order valence-electron chi connectivity index (χ0n) is 11.2. The van der Waals surface area contributed by atoms with Crippen LogP contribution in [0.2, 0.25) is 0 Å². The molecule has 0 radical (unpaired) electrons. The van der Waals surface area contributed by atoms with Crippen LogP contribution in [0.3, 0.4) is 0 Å². The van der Waals surface area contributed by atoms with E-state index >= 15 is 0 Å². The smallest absolute Gasteiger partial charge is 0.199 e. The van der Waals surface area contributed by atoms with Crippen LogP contribution in [0.4, 0.5) is 13.2 Å². The van der Waals surface area contributed by atoms with Crippen molar-refractivity contribution in [3.05, 3.63) is 0 Å². The van der Waals surface area contributed by atoms with Gasteiger partial charge in [-0.1, -0.05) is 20.3 Å². The Labute approximate surface area is 112 Å². The Morgan fingerprint density at radius 3 is 2.26 bits per heavy atom. The molecule has 0 aromatic heterocycles. The fraction of sp³-hybridized carbons (Fsp3) is 1.00. The number of nitrogens with one attached hydrogen (secondary N) is 1. The molecule has 19 heavy (non-hydrogen) atoms. The molecule has 1 saturated carbocycles. The van der Waals surface area contributed by atoms with Crippen molar-refractivity contribution in [3.8, 4) is 0 Å². The summed E-state index contributed by atoms with van der Waals surface area (Å²) in [4.78, 5) is 0. The van der Waals surface area contributed by atoms with Gasteiger partial charge in [0.2, 0.25) is 0 Å². The number of halogens is 3. The van der Waals surface area contributed by atoms with E-state index in [1.54, 1.807) is 13.8 Å². The summed E-state index contributed by atoms with van der Waals surface area (Å²) >= 11 is 0. The maximum absolute atomic E-state index is 12.7. The molecule has 0 bridgehead atoms. The molecule has 8 heteroatoms. The molecular weight excluding hydrogens is 281 g/mol. The summed E-state index contributed by atoms with van der Waals surface area (Å²) in [7, 11) is -3.68. The Hall–Kier alpha value is -0.340. The summed E-state index contributed by atoms with van der Waals surface area (Å²) in [5.74, 6) is -1.40. The van der Waals surface area contributed by atoms with Crippen LogP contribution in [0.5, 0.6) is 0 Å². The Morgan fingerprint density at radius 1 is 1.21 bits per heavy atom. The highest BCUT2D eigenvalue weighted by molar-refractivity contribution is 7.87. The number of alkyl halides is 3. The van der Waals surface area contributed by atoms with Crippen molar-refractivity contribution in [2.45, 2.75) is 51.7 Å². The van der Waals surface area contributed by atoms with Crippen LogP contribution >= 0.6 is 0 Å². The van der Waals surface area contributed by atoms with Crippen molar-refractivity contribution in [1.82, 2.24) is 9.03 Å². The number of hydrogen-bond acceptors (Lipinski definition) is 2. The Kier molecular flexibility index (Phi) is 5.64. The molecule has 1 N–H and O–H groups in total. The molecule has 0 spiro atoms. The van der Waals surface area contributed by atoms with E-state index in [-0.39, 0.29) is 12.8 Å². The molecule has 0 amide bonds. The minimum absolute atomic E-state index is 0.0903. The van der Waals surface area contributed by atoms with Gasteiger partial charge >= 0.3 is 6.18 Å². The van der Waals surface area contributed by atoms with Crippen LogP contribution in [-0.4, -0.2) is 38.0 Å². The summed E-state index contributed by atoms with van der Waals surface area (Å²) in [5, 5.41) is 0. The van der Waals surface area contributed by atoms with Crippen LogP contribution in [0.25, 0.3) is 0 Å². The molecule has 0 unspecified atom stereocenters. The lowest BCUT2D eigenvalue weighted by molar-refractivity contribution is -0.183. The fourth-order valence-electron chi connectivity index (χ4n) is 2.44. The monoisotopic (exact) mass is 302 g/mol. The van der Waals surface area contributed by atoms with Crippen molar-refractivity contribution in [2.24, 2.45) is 5.92 Å². The second-order valence-corrected chi connectivity index (χ2v) is 6.51. The van der Waals surface area contributed by atoms with Crippen LogP contribution < -0.4 is 4.72 Å². The lowest BCUT2D eigenvalue weighted by atomic mass is 9.86. The zero-order chi connectivity index (χ0) is 14.7. The van der Waals surface area contributed by atoms with E-state index < -0.39 is 28.3 Å². The van der Waals surface area contributed by atoms with Gasteiger partial charge in [-0.05, 0) is 19.3 Å². The van der Waals surface area contributed by atoms with E-state index in [4.69, 9.17) is 0 Å². The van der Waals surface area contributed by atoms with Crippen molar-refractivity contribution in [3.63, 3.8) is 0 Å². The lowest BCUT2D eigenvalue weighted by Gasteiger charge is -2.32. The first-order chi connectivity index (χ1) is 8.70. The third-order valence-corrected chi connectivity index (χ3v) is 5.33. The van der Waals surface area contributed by atoms with Crippen molar-refractivity contribution in [1.29, 1.82) is 0 Å². The molecule has 0 aliphatic heterocycles. The average molecular weight is 302 g/mol. The van der Waals surface area contributed by atoms with Gasteiger partial charge in [-0.2, -0.15) is 30.6 Å². The highest BCUT2D eigenvalue weighted by Gasteiger charge is 2.43. The van der Waals surface area contributed by atoms with E-state index in [2.05, 4.69) is 4.72 Å². The maximum Gasteiger partial charge on any atom is 0.391 e. The standard InChI is InChI=1S/C11H21F3N2O2S/c1-3-16(4-2)19(17,18)15-10-7-5-6-9(8-10)11(12,13)14/h9-10,15H,3-8H2,1-2H3/t9-,10-/m0/s1. The summed E-state index contributed by atoms with van der Waals surface area (Å²) in [5.41, 5.74) is 0. The quantitative estimate of drug-likeness (QED) is 0.847. The van der Waals surface area contributed by atoms with Gasteiger partial charge in [0, 0.05) is 19.1 Å². The summed E-state index contributed by atoms with van der Waals surface area (Å²) in [6, 6.07) is -0.619. The highest BCUT2D eigenvalue weighted by Crippen LogP contribution is 2.37. The molecule has 1 aliphatic carbocycles. The molecule has 0 aromatic carbocycles. The van der Waals surface area contributed by atoms with Gasteiger partial charge in [-0.3, -0.25) is 0 Å². The first kappa shape index (κ1) is 16.7. The topological polar surface area (TPSA) is 49.4 Å². The summed E-state index contributed by atoms with van der Waals surface area (Å²) in [6.45, 7) is 4.01. The largest absolute Gasteiger partial charge is 0.391 e.